The molecule has 1 aliphatic carbocycles. The van der Waals surface area contributed by atoms with E-state index in [-0.39, 0.29) is 16.6 Å². The first-order chi connectivity index (χ1) is 10.1. The molecule has 0 amide bonds. The second-order valence-corrected chi connectivity index (χ2v) is 5.88. The summed E-state index contributed by atoms with van der Waals surface area (Å²) in [7, 11) is 0. The lowest BCUT2D eigenvalue weighted by atomic mass is 10.1. The maximum atomic E-state index is 13.8. The number of fused-ring (bicyclic) bond motifs is 1. The van der Waals surface area contributed by atoms with Gasteiger partial charge in [0.05, 0.1) is 16.1 Å². The second-order valence-electron chi connectivity index (χ2n) is 5.03. The van der Waals surface area contributed by atoms with Gasteiger partial charge in [-0.25, -0.2) is 8.78 Å². The molecule has 1 atom stereocenters. The molecular weight excluding hydrogens is 342 g/mol. The first kappa shape index (κ1) is 14.5. The smallest absolute Gasteiger partial charge is 0.146 e. The van der Waals surface area contributed by atoms with Gasteiger partial charge in [0, 0.05) is 0 Å². The van der Waals surface area contributed by atoms with Crippen LogP contribution in [-0.4, -0.2) is 5.11 Å². The lowest BCUT2D eigenvalue weighted by molar-refractivity contribution is 0.180. The summed E-state index contributed by atoms with van der Waals surface area (Å²) in [4.78, 5) is 0. The normalized spacial score (nSPS) is 16.9. The van der Waals surface area contributed by atoms with Crippen LogP contribution in [0, 0.1) is 11.6 Å². The number of rotatable bonds is 3. The molecule has 0 spiro atoms. The molecule has 1 N–H and O–H groups in total. The van der Waals surface area contributed by atoms with Gasteiger partial charge in [0.15, 0.2) is 0 Å². The van der Waals surface area contributed by atoms with Gasteiger partial charge >= 0.3 is 0 Å². The Bertz CT molecular complexity index is 688. The Morgan fingerprint density at radius 3 is 2.86 bits per heavy atom. The highest BCUT2D eigenvalue weighted by Crippen LogP contribution is 2.33. The number of aliphatic hydroxyl groups is 1. The van der Waals surface area contributed by atoms with Crippen molar-refractivity contribution in [1.29, 1.82) is 0 Å². The molecule has 2 nitrogen and oxygen atoms in total. The molecular formula is C16H13BrF2O2. The number of aryl methyl sites for hydroxylation is 1. The summed E-state index contributed by atoms with van der Waals surface area (Å²) < 4.78 is 33.2. The Morgan fingerprint density at radius 2 is 2.05 bits per heavy atom. The topological polar surface area (TPSA) is 29.5 Å². The second kappa shape index (κ2) is 5.73. The number of aliphatic hydroxyl groups excluding tert-OH is 1. The van der Waals surface area contributed by atoms with Crippen LogP contribution in [0.25, 0.3) is 0 Å². The largest absolute Gasteiger partial charge is 0.489 e. The Labute approximate surface area is 129 Å². The van der Waals surface area contributed by atoms with Crippen molar-refractivity contribution in [3.63, 3.8) is 0 Å². The van der Waals surface area contributed by atoms with Gasteiger partial charge in [-0.15, -0.1) is 0 Å². The maximum Gasteiger partial charge on any atom is 0.146 e. The maximum absolute atomic E-state index is 13.8. The van der Waals surface area contributed by atoms with Crippen LogP contribution in [0.3, 0.4) is 0 Å². The van der Waals surface area contributed by atoms with Gasteiger partial charge in [0.25, 0.3) is 0 Å². The fourth-order valence-corrected chi connectivity index (χ4v) is 2.89. The fourth-order valence-electron chi connectivity index (χ4n) is 2.52. The lowest BCUT2D eigenvalue weighted by Crippen LogP contribution is -2.03. The van der Waals surface area contributed by atoms with Gasteiger partial charge in [-0.1, -0.05) is 6.07 Å². The summed E-state index contributed by atoms with van der Waals surface area (Å²) in [6.45, 7) is -0.182. The zero-order valence-electron chi connectivity index (χ0n) is 11.1. The third kappa shape index (κ3) is 2.80. The van der Waals surface area contributed by atoms with Crippen LogP contribution in [0.15, 0.2) is 34.8 Å². The van der Waals surface area contributed by atoms with Crippen molar-refractivity contribution in [1.82, 2.24) is 0 Å². The van der Waals surface area contributed by atoms with Crippen LogP contribution in [0.1, 0.15) is 29.2 Å². The first-order valence-electron chi connectivity index (χ1n) is 6.62. The summed E-state index contributed by atoms with van der Waals surface area (Å²) in [5.41, 5.74) is 1.82. The summed E-state index contributed by atoms with van der Waals surface area (Å²) in [6.07, 6.45) is 1.06. The summed E-state index contributed by atoms with van der Waals surface area (Å²) >= 11 is 3.03. The SMILES string of the molecule is O[C@H]1CCc2cc(OCc3c(F)ccc(Br)c3F)ccc21. The minimum absolute atomic E-state index is 0.107. The van der Waals surface area contributed by atoms with Crippen LogP contribution in [-0.2, 0) is 13.0 Å². The summed E-state index contributed by atoms with van der Waals surface area (Å²) in [6, 6.07) is 7.85. The molecule has 1 aliphatic rings. The van der Waals surface area contributed by atoms with Gasteiger partial charge in [-0.05, 0) is 64.2 Å². The third-order valence-corrected chi connectivity index (χ3v) is 4.30. The van der Waals surface area contributed by atoms with E-state index in [1.165, 1.54) is 12.1 Å². The molecule has 0 saturated carbocycles. The van der Waals surface area contributed by atoms with Gasteiger partial charge in [-0.2, -0.15) is 0 Å². The molecule has 21 heavy (non-hydrogen) atoms. The monoisotopic (exact) mass is 354 g/mol. The van der Waals surface area contributed by atoms with E-state index in [1.54, 1.807) is 12.1 Å². The van der Waals surface area contributed by atoms with Crippen LogP contribution < -0.4 is 4.74 Å². The van der Waals surface area contributed by atoms with Crippen molar-refractivity contribution >= 4 is 15.9 Å². The average Bonchev–Trinajstić information content (AvgIpc) is 2.84. The van der Waals surface area contributed by atoms with Gasteiger partial charge < -0.3 is 9.84 Å². The van der Waals surface area contributed by atoms with E-state index in [4.69, 9.17) is 4.74 Å². The fraction of sp³-hybridized carbons (Fsp3) is 0.250. The van der Waals surface area contributed by atoms with Crippen LogP contribution in [0.5, 0.6) is 5.75 Å². The number of halogens is 3. The van der Waals surface area contributed by atoms with E-state index in [0.717, 1.165) is 17.5 Å². The molecule has 0 bridgehead atoms. The molecule has 0 heterocycles. The van der Waals surface area contributed by atoms with Crippen molar-refractivity contribution in [2.24, 2.45) is 0 Å². The molecule has 3 rings (SSSR count). The molecule has 0 aliphatic heterocycles. The molecule has 0 saturated heterocycles. The predicted octanol–water partition coefficient (Wildman–Crippen LogP) is 4.29. The molecule has 2 aromatic rings. The molecule has 0 fully saturated rings. The van der Waals surface area contributed by atoms with E-state index in [9.17, 15) is 13.9 Å². The summed E-state index contributed by atoms with van der Waals surface area (Å²) in [5.74, 6) is -0.736. The van der Waals surface area contributed by atoms with E-state index in [2.05, 4.69) is 15.9 Å². The molecule has 0 radical (unpaired) electrons. The highest BCUT2D eigenvalue weighted by molar-refractivity contribution is 9.10. The Morgan fingerprint density at radius 1 is 1.24 bits per heavy atom. The Balaban J connectivity index is 1.79. The highest BCUT2D eigenvalue weighted by Gasteiger charge is 2.20. The zero-order chi connectivity index (χ0) is 15.0. The van der Waals surface area contributed by atoms with Gasteiger partial charge in [0.1, 0.15) is 24.0 Å². The molecule has 5 heteroatoms. The zero-order valence-corrected chi connectivity index (χ0v) is 12.7. The molecule has 0 unspecified atom stereocenters. The number of hydrogen-bond acceptors (Lipinski definition) is 2. The van der Waals surface area contributed by atoms with Crippen molar-refractivity contribution in [3.05, 3.63) is 63.1 Å². The quantitative estimate of drug-likeness (QED) is 0.833. The number of ether oxygens (including phenoxy) is 1. The van der Waals surface area contributed by atoms with E-state index >= 15 is 0 Å². The van der Waals surface area contributed by atoms with Crippen LogP contribution >= 0.6 is 15.9 Å². The minimum atomic E-state index is -0.647. The predicted molar refractivity (Wildman–Crippen MR) is 78.1 cm³/mol. The van der Waals surface area contributed by atoms with Gasteiger partial charge in [0.2, 0.25) is 0 Å². The van der Waals surface area contributed by atoms with Gasteiger partial charge in [-0.3, -0.25) is 0 Å². The van der Waals surface area contributed by atoms with Crippen molar-refractivity contribution in [3.8, 4) is 5.75 Å². The molecule has 2 aromatic carbocycles. The standard InChI is InChI=1S/C16H13BrF2O2/c17-13-4-5-14(18)12(16(13)19)8-21-10-2-3-11-9(7-10)1-6-15(11)20/h2-5,7,15,20H,1,6,8H2/t15-/m0/s1. The van der Waals surface area contributed by atoms with Crippen LogP contribution in [0.4, 0.5) is 8.78 Å². The van der Waals surface area contributed by atoms with Crippen molar-refractivity contribution < 1.29 is 18.6 Å². The highest BCUT2D eigenvalue weighted by atomic mass is 79.9. The van der Waals surface area contributed by atoms with Crippen molar-refractivity contribution in [2.45, 2.75) is 25.6 Å². The Hall–Kier alpha value is -1.46. The van der Waals surface area contributed by atoms with E-state index in [1.807, 2.05) is 6.07 Å². The van der Waals surface area contributed by atoms with E-state index < -0.39 is 17.7 Å². The van der Waals surface area contributed by atoms with Crippen molar-refractivity contribution in [2.75, 3.05) is 0 Å². The summed E-state index contributed by atoms with van der Waals surface area (Å²) in [5, 5.41) is 9.74. The molecule has 110 valence electrons. The Kier molecular flexibility index (Phi) is 3.95. The molecule has 0 aromatic heterocycles. The number of hydrogen-bond donors (Lipinski definition) is 1. The average molecular weight is 355 g/mol. The number of benzene rings is 2. The van der Waals surface area contributed by atoms with Crippen LogP contribution in [0.2, 0.25) is 0 Å². The minimum Gasteiger partial charge on any atom is -0.489 e. The van der Waals surface area contributed by atoms with E-state index in [0.29, 0.717) is 12.2 Å². The lowest BCUT2D eigenvalue weighted by Gasteiger charge is -2.11. The third-order valence-electron chi connectivity index (χ3n) is 3.68. The first-order valence-corrected chi connectivity index (χ1v) is 7.41.